The first-order chi connectivity index (χ1) is 12.9. The van der Waals surface area contributed by atoms with Crippen LogP contribution in [0.15, 0.2) is 24.3 Å². The summed E-state index contributed by atoms with van der Waals surface area (Å²) in [6.45, 7) is 6.87. The Morgan fingerprint density at radius 1 is 0.963 bits per heavy atom. The van der Waals surface area contributed by atoms with E-state index < -0.39 is 0 Å². The molecule has 0 bridgehead atoms. The van der Waals surface area contributed by atoms with Crippen molar-refractivity contribution in [3.63, 3.8) is 0 Å². The van der Waals surface area contributed by atoms with Crippen LogP contribution in [-0.2, 0) is 9.59 Å². The monoisotopic (exact) mass is 375 g/mol. The van der Waals surface area contributed by atoms with Crippen LogP contribution in [0.3, 0.4) is 0 Å². The maximum atomic E-state index is 13.1. The van der Waals surface area contributed by atoms with Crippen molar-refractivity contribution in [1.29, 1.82) is 0 Å². The van der Waals surface area contributed by atoms with E-state index in [1.54, 1.807) is 12.1 Å². The number of carbonyl (C=O) groups excluding carboxylic acids is 2. The minimum Gasteiger partial charge on any atom is -0.368 e. The average molecular weight is 375 g/mol. The number of hydrogen-bond donors (Lipinski definition) is 1. The number of halogens is 1. The van der Waals surface area contributed by atoms with Crippen molar-refractivity contribution < 1.29 is 14.0 Å². The van der Waals surface area contributed by atoms with Crippen molar-refractivity contribution in [3.8, 4) is 0 Å². The highest BCUT2D eigenvalue weighted by Crippen LogP contribution is 2.31. The molecule has 0 radical (unpaired) electrons. The summed E-state index contributed by atoms with van der Waals surface area (Å²) in [6.07, 6.45) is 3.19. The molecule has 1 heterocycles. The molecule has 2 amide bonds. The van der Waals surface area contributed by atoms with Crippen LogP contribution >= 0.6 is 0 Å². The Bertz CT molecular complexity index is 646. The van der Waals surface area contributed by atoms with Crippen molar-refractivity contribution in [1.82, 2.24) is 10.2 Å². The fourth-order valence-corrected chi connectivity index (χ4v) is 4.10. The molecule has 1 aromatic carbocycles. The molecule has 0 aromatic heterocycles. The van der Waals surface area contributed by atoms with Gasteiger partial charge in [-0.05, 0) is 63.8 Å². The van der Waals surface area contributed by atoms with Crippen molar-refractivity contribution in [2.24, 2.45) is 11.8 Å². The lowest BCUT2D eigenvalue weighted by atomic mass is 9.80. The van der Waals surface area contributed by atoms with E-state index >= 15 is 0 Å². The highest BCUT2D eigenvalue weighted by Gasteiger charge is 2.33. The molecule has 0 spiro atoms. The highest BCUT2D eigenvalue weighted by molar-refractivity contribution is 5.81. The fraction of sp³-hybridized carbons (Fsp3) is 0.619. The number of hydrogen-bond acceptors (Lipinski definition) is 3. The molecule has 3 rings (SSSR count). The van der Waals surface area contributed by atoms with E-state index in [1.807, 2.05) is 18.7 Å². The lowest BCUT2D eigenvalue weighted by Crippen LogP contribution is -2.51. The molecule has 1 aliphatic heterocycles. The van der Waals surface area contributed by atoms with Crippen molar-refractivity contribution in [2.75, 3.05) is 31.1 Å². The summed E-state index contributed by atoms with van der Waals surface area (Å²) in [5, 5.41) is 2.98. The summed E-state index contributed by atoms with van der Waals surface area (Å²) in [5.74, 6) is 0.225. The minimum absolute atomic E-state index is 0.0467. The van der Waals surface area contributed by atoms with Gasteiger partial charge in [-0.2, -0.15) is 0 Å². The van der Waals surface area contributed by atoms with Gasteiger partial charge in [0.1, 0.15) is 5.82 Å². The predicted molar refractivity (Wildman–Crippen MR) is 104 cm³/mol. The van der Waals surface area contributed by atoms with E-state index in [2.05, 4.69) is 10.2 Å². The molecule has 0 unspecified atom stereocenters. The van der Waals surface area contributed by atoms with Gasteiger partial charge in [-0.1, -0.05) is 0 Å². The van der Waals surface area contributed by atoms with Gasteiger partial charge in [-0.25, -0.2) is 4.39 Å². The smallest absolute Gasteiger partial charge is 0.225 e. The molecular weight excluding hydrogens is 345 g/mol. The van der Waals surface area contributed by atoms with E-state index in [0.717, 1.165) is 44.5 Å². The Kier molecular flexibility index (Phi) is 6.34. The number of piperazine rings is 1. The van der Waals surface area contributed by atoms with Crippen LogP contribution in [0.4, 0.5) is 10.1 Å². The zero-order valence-electron chi connectivity index (χ0n) is 16.3. The molecule has 1 aliphatic carbocycles. The molecule has 2 aliphatic rings. The molecule has 27 heavy (non-hydrogen) atoms. The SMILES string of the molecule is CC(C)NC(=O)C1CCC(C(=O)N2CCN(c3ccc(F)cc3)CC2)CC1. The second kappa shape index (κ2) is 8.72. The quantitative estimate of drug-likeness (QED) is 0.880. The van der Waals surface area contributed by atoms with Crippen LogP contribution in [0, 0.1) is 17.7 Å². The Morgan fingerprint density at radius 2 is 1.52 bits per heavy atom. The molecule has 1 saturated carbocycles. The largest absolute Gasteiger partial charge is 0.368 e. The van der Waals surface area contributed by atoms with Gasteiger partial charge >= 0.3 is 0 Å². The molecule has 0 atom stereocenters. The lowest BCUT2D eigenvalue weighted by molar-refractivity contribution is -0.138. The summed E-state index contributed by atoms with van der Waals surface area (Å²) in [7, 11) is 0. The van der Waals surface area contributed by atoms with Gasteiger partial charge in [-0.3, -0.25) is 9.59 Å². The predicted octanol–water partition coefficient (Wildman–Crippen LogP) is 2.81. The fourth-order valence-electron chi connectivity index (χ4n) is 4.10. The van der Waals surface area contributed by atoms with Crippen LogP contribution in [0.2, 0.25) is 0 Å². The van der Waals surface area contributed by atoms with Crippen LogP contribution in [0.1, 0.15) is 39.5 Å². The molecule has 5 nitrogen and oxygen atoms in total. The first-order valence-corrected chi connectivity index (χ1v) is 10.0. The minimum atomic E-state index is -0.231. The maximum Gasteiger partial charge on any atom is 0.225 e. The topological polar surface area (TPSA) is 52.7 Å². The molecule has 1 N–H and O–H groups in total. The zero-order chi connectivity index (χ0) is 19.4. The number of nitrogens with zero attached hydrogens (tertiary/aromatic N) is 2. The van der Waals surface area contributed by atoms with Crippen molar-refractivity contribution in [3.05, 3.63) is 30.1 Å². The molecule has 148 valence electrons. The van der Waals surface area contributed by atoms with Gasteiger partial charge in [-0.15, -0.1) is 0 Å². The molecule has 1 aromatic rings. The average Bonchev–Trinajstić information content (AvgIpc) is 2.68. The number of carbonyl (C=O) groups is 2. The first-order valence-electron chi connectivity index (χ1n) is 10.0. The standard InChI is InChI=1S/C21H30FN3O2/c1-15(2)23-20(26)16-3-5-17(6-4-16)21(27)25-13-11-24(12-14-25)19-9-7-18(22)8-10-19/h7-10,15-17H,3-6,11-14H2,1-2H3,(H,23,26). The molecule has 6 heteroatoms. The van der Waals surface area contributed by atoms with E-state index in [-0.39, 0.29) is 35.5 Å². The first kappa shape index (κ1) is 19.6. The summed E-state index contributed by atoms with van der Waals surface area (Å²) >= 11 is 0. The van der Waals surface area contributed by atoms with Crippen LogP contribution in [0.5, 0.6) is 0 Å². The second-order valence-electron chi connectivity index (χ2n) is 8.00. The van der Waals surface area contributed by atoms with Crippen molar-refractivity contribution in [2.45, 2.75) is 45.6 Å². The van der Waals surface area contributed by atoms with Crippen LogP contribution < -0.4 is 10.2 Å². The van der Waals surface area contributed by atoms with Gasteiger partial charge in [0.05, 0.1) is 0 Å². The number of benzene rings is 1. The summed E-state index contributed by atoms with van der Waals surface area (Å²) in [5.41, 5.74) is 1.00. The molecule has 1 saturated heterocycles. The third kappa shape index (κ3) is 4.99. The van der Waals surface area contributed by atoms with E-state index in [1.165, 1.54) is 12.1 Å². The van der Waals surface area contributed by atoms with Crippen molar-refractivity contribution >= 4 is 17.5 Å². The normalized spacial score (nSPS) is 23.4. The zero-order valence-corrected chi connectivity index (χ0v) is 16.3. The number of rotatable bonds is 4. The van der Waals surface area contributed by atoms with E-state index in [4.69, 9.17) is 0 Å². The summed E-state index contributed by atoms with van der Waals surface area (Å²) in [4.78, 5) is 29.1. The summed E-state index contributed by atoms with van der Waals surface area (Å²) < 4.78 is 13.1. The Hall–Kier alpha value is -2.11. The Morgan fingerprint density at radius 3 is 2.07 bits per heavy atom. The second-order valence-corrected chi connectivity index (χ2v) is 8.00. The van der Waals surface area contributed by atoms with E-state index in [0.29, 0.717) is 13.1 Å². The Labute approximate surface area is 160 Å². The van der Waals surface area contributed by atoms with Gasteiger partial charge in [0.15, 0.2) is 0 Å². The van der Waals surface area contributed by atoms with Gasteiger partial charge in [0.25, 0.3) is 0 Å². The number of amides is 2. The molecule has 2 fully saturated rings. The summed E-state index contributed by atoms with van der Waals surface area (Å²) in [6, 6.07) is 6.68. The third-order valence-electron chi connectivity index (χ3n) is 5.66. The van der Waals surface area contributed by atoms with Crippen LogP contribution in [0.25, 0.3) is 0 Å². The van der Waals surface area contributed by atoms with Gasteiger partial charge in [0, 0.05) is 49.7 Å². The van der Waals surface area contributed by atoms with Crippen LogP contribution in [-0.4, -0.2) is 48.9 Å². The third-order valence-corrected chi connectivity index (χ3v) is 5.66. The van der Waals surface area contributed by atoms with Gasteiger partial charge in [0.2, 0.25) is 11.8 Å². The van der Waals surface area contributed by atoms with E-state index in [9.17, 15) is 14.0 Å². The number of anilines is 1. The van der Waals surface area contributed by atoms with Gasteiger partial charge < -0.3 is 15.1 Å². The molecular formula is C21H30FN3O2. The maximum absolute atomic E-state index is 13.1. The Balaban J connectivity index is 1.46. The highest BCUT2D eigenvalue weighted by atomic mass is 19.1. The lowest BCUT2D eigenvalue weighted by Gasteiger charge is -2.38. The number of nitrogens with one attached hydrogen (secondary N) is 1.